The van der Waals surface area contributed by atoms with Gasteiger partial charge in [-0.25, -0.2) is 8.42 Å². The van der Waals surface area contributed by atoms with Gasteiger partial charge in [0.1, 0.15) is 0 Å². The fraction of sp³-hybridized carbons (Fsp3) is 0.667. The number of sulfonamides is 1. The Hall–Kier alpha value is -0.920. The van der Waals surface area contributed by atoms with Crippen molar-refractivity contribution in [2.24, 2.45) is 5.73 Å². The van der Waals surface area contributed by atoms with Crippen LogP contribution in [0.4, 0.5) is 0 Å². The van der Waals surface area contributed by atoms with Crippen molar-refractivity contribution < 1.29 is 8.42 Å². The van der Waals surface area contributed by atoms with Crippen molar-refractivity contribution in [3.8, 4) is 0 Å². The highest BCUT2D eigenvalue weighted by molar-refractivity contribution is 7.89. The number of rotatable bonds is 3. The molecule has 7 heteroatoms. The molecule has 0 unspecified atom stereocenters. The molecule has 1 aliphatic heterocycles. The van der Waals surface area contributed by atoms with Gasteiger partial charge in [0.05, 0.1) is 0 Å². The predicted molar refractivity (Wildman–Crippen MR) is 59.2 cm³/mol. The van der Waals surface area contributed by atoms with Crippen LogP contribution >= 0.6 is 0 Å². The molecule has 1 fully saturated rings. The van der Waals surface area contributed by atoms with E-state index in [0.29, 0.717) is 18.7 Å². The largest absolute Gasteiger partial charge is 0.326 e. The van der Waals surface area contributed by atoms with Gasteiger partial charge in [0.15, 0.2) is 5.03 Å². The van der Waals surface area contributed by atoms with Gasteiger partial charge in [-0.3, -0.25) is 5.10 Å². The molecule has 0 atom stereocenters. The first-order valence-electron chi connectivity index (χ1n) is 5.31. The number of aromatic nitrogens is 2. The number of nitrogens with two attached hydrogens (primary N) is 1. The van der Waals surface area contributed by atoms with Gasteiger partial charge in [0, 0.05) is 30.9 Å². The molecule has 0 amide bonds. The first-order valence-corrected chi connectivity index (χ1v) is 6.75. The summed E-state index contributed by atoms with van der Waals surface area (Å²) in [6, 6.07) is 0. The van der Waals surface area contributed by atoms with Crippen LogP contribution < -0.4 is 5.73 Å². The summed E-state index contributed by atoms with van der Waals surface area (Å²) < 4.78 is 25.9. The lowest BCUT2D eigenvalue weighted by Crippen LogP contribution is -2.29. The Labute approximate surface area is 94.9 Å². The molecule has 0 radical (unpaired) electrons. The van der Waals surface area contributed by atoms with E-state index in [1.54, 1.807) is 6.92 Å². The zero-order chi connectivity index (χ0) is 11.8. The van der Waals surface area contributed by atoms with Crippen LogP contribution in [0.3, 0.4) is 0 Å². The van der Waals surface area contributed by atoms with Gasteiger partial charge in [0.25, 0.3) is 10.0 Å². The summed E-state index contributed by atoms with van der Waals surface area (Å²) in [5.41, 5.74) is 6.86. The van der Waals surface area contributed by atoms with Crippen LogP contribution in [0.5, 0.6) is 0 Å². The number of nitrogens with zero attached hydrogens (tertiary/aromatic N) is 2. The SMILES string of the molecule is Cc1[nH]nc(S(=O)(=O)N2CCCC2)c1CN. The third-order valence-electron chi connectivity index (χ3n) is 2.89. The number of hydrogen-bond acceptors (Lipinski definition) is 4. The van der Waals surface area contributed by atoms with E-state index in [1.807, 2.05) is 0 Å². The Balaban J connectivity index is 2.42. The number of aryl methyl sites for hydroxylation is 1. The summed E-state index contributed by atoms with van der Waals surface area (Å²) in [7, 11) is -3.45. The van der Waals surface area contributed by atoms with E-state index < -0.39 is 10.0 Å². The Morgan fingerprint density at radius 3 is 2.62 bits per heavy atom. The van der Waals surface area contributed by atoms with Crippen LogP contribution in [0.25, 0.3) is 0 Å². The molecule has 90 valence electrons. The molecule has 1 saturated heterocycles. The molecule has 6 nitrogen and oxygen atoms in total. The topological polar surface area (TPSA) is 92.1 Å². The zero-order valence-corrected chi connectivity index (χ0v) is 10.0. The van der Waals surface area contributed by atoms with Crippen molar-refractivity contribution >= 4 is 10.0 Å². The summed E-state index contributed by atoms with van der Waals surface area (Å²) in [4.78, 5) is 0. The molecular weight excluding hydrogens is 228 g/mol. The van der Waals surface area contributed by atoms with Crippen molar-refractivity contribution in [3.63, 3.8) is 0 Å². The standard InChI is InChI=1S/C9H16N4O2S/c1-7-8(6-10)9(12-11-7)16(14,15)13-4-2-3-5-13/h2-6,10H2,1H3,(H,11,12). The highest BCUT2D eigenvalue weighted by Gasteiger charge is 2.31. The third kappa shape index (κ3) is 1.74. The fourth-order valence-corrected chi connectivity index (χ4v) is 3.63. The van der Waals surface area contributed by atoms with Gasteiger partial charge in [-0.2, -0.15) is 9.40 Å². The average Bonchev–Trinajstić information content (AvgIpc) is 2.85. The second-order valence-corrected chi connectivity index (χ2v) is 5.80. The molecule has 0 saturated carbocycles. The summed E-state index contributed by atoms with van der Waals surface area (Å²) in [5, 5.41) is 6.64. The van der Waals surface area contributed by atoms with Gasteiger partial charge in [-0.15, -0.1) is 0 Å². The van der Waals surface area contributed by atoms with Crippen molar-refractivity contribution in [3.05, 3.63) is 11.3 Å². The maximum atomic E-state index is 12.2. The van der Waals surface area contributed by atoms with Crippen molar-refractivity contribution in [1.82, 2.24) is 14.5 Å². The lowest BCUT2D eigenvalue weighted by atomic mass is 10.3. The summed E-state index contributed by atoms with van der Waals surface area (Å²) in [5.74, 6) is 0. The summed E-state index contributed by atoms with van der Waals surface area (Å²) in [6.07, 6.45) is 1.83. The second-order valence-electron chi connectivity index (χ2n) is 3.95. The van der Waals surface area contributed by atoms with Crippen LogP contribution in [-0.4, -0.2) is 36.0 Å². The number of hydrogen-bond donors (Lipinski definition) is 2. The molecule has 16 heavy (non-hydrogen) atoms. The average molecular weight is 244 g/mol. The van der Waals surface area contributed by atoms with Gasteiger partial charge in [-0.05, 0) is 19.8 Å². The minimum absolute atomic E-state index is 0.0920. The Bertz CT molecular complexity index is 474. The smallest absolute Gasteiger partial charge is 0.262 e. The van der Waals surface area contributed by atoms with Crippen LogP contribution in [0, 0.1) is 6.92 Å². The molecule has 0 spiro atoms. The lowest BCUT2D eigenvalue weighted by molar-refractivity contribution is 0.473. The first kappa shape index (κ1) is 11.6. The monoisotopic (exact) mass is 244 g/mol. The summed E-state index contributed by atoms with van der Waals surface area (Å²) in [6.45, 7) is 3.12. The molecule has 0 bridgehead atoms. The third-order valence-corrected chi connectivity index (χ3v) is 4.76. The Kier molecular flexibility index (Phi) is 3.00. The van der Waals surface area contributed by atoms with Crippen LogP contribution in [0.2, 0.25) is 0 Å². The molecule has 1 aromatic rings. The highest BCUT2D eigenvalue weighted by atomic mass is 32.2. The molecule has 2 heterocycles. The van der Waals surface area contributed by atoms with E-state index in [0.717, 1.165) is 18.5 Å². The van der Waals surface area contributed by atoms with E-state index >= 15 is 0 Å². The quantitative estimate of drug-likeness (QED) is 0.780. The minimum atomic E-state index is -3.45. The minimum Gasteiger partial charge on any atom is -0.326 e. The van der Waals surface area contributed by atoms with Crippen molar-refractivity contribution in [1.29, 1.82) is 0 Å². The normalized spacial score (nSPS) is 18.1. The van der Waals surface area contributed by atoms with Crippen molar-refractivity contribution in [2.75, 3.05) is 13.1 Å². The van der Waals surface area contributed by atoms with E-state index in [1.165, 1.54) is 4.31 Å². The van der Waals surface area contributed by atoms with Gasteiger partial charge >= 0.3 is 0 Å². The van der Waals surface area contributed by atoms with Gasteiger partial charge in [-0.1, -0.05) is 0 Å². The molecule has 1 aromatic heterocycles. The second kappa shape index (κ2) is 4.15. The molecule has 1 aliphatic rings. The number of aromatic amines is 1. The van der Waals surface area contributed by atoms with Crippen LogP contribution in [0.15, 0.2) is 5.03 Å². The lowest BCUT2D eigenvalue weighted by Gasteiger charge is -2.14. The molecule has 0 aliphatic carbocycles. The van der Waals surface area contributed by atoms with E-state index in [2.05, 4.69) is 10.2 Å². The zero-order valence-electron chi connectivity index (χ0n) is 9.23. The molecule has 3 N–H and O–H groups in total. The van der Waals surface area contributed by atoms with E-state index in [-0.39, 0.29) is 11.6 Å². The van der Waals surface area contributed by atoms with E-state index in [9.17, 15) is 8.42 Å². The van der Waals surface area contributed by atoms with Gasteiger partial charge < -0.3 is 5.73 Å². The summed E-state index contributed by atoms with van der Waals surface area (Å²) >= 11 is 0. The van der Waals surface area contributed by atoms with Crippen LogP contribution in [0.1, 0.15) is 24.1 Å². The van der Waals surface area contributed by atoms with E-state index in [4.69, 9.17) is 5.73 Å². The predicted octanol–water partition coefficient (Wildman–Crippen LogP) is -0.0387. The fourth-order valence-electron chi connectivity index (χ4n) is 1.93. The molecular formula is C9H16N4O2S. The molecule has 2 rings (SSSR count). The Morgan fingerprint density at radius 2 is 2.06 bits per heavy atom. The number of nitrogens with one attached hydrogen (secondary N) is 1. The maximum Gasteiger partial charge on any atom is 0.262 e. The van der Waals surface area contributed by atoms with Crippen LogP contribution in [-0.2, 0) is 16.6 Å². The highest BCUT2D eigenvalue weighted by Crippen LogP contribution is 2.23. The number of H-pyrrole nitrogens is 1. The maximum absolute atomic E-state index is 12.2. The van der Waals surface area contributed by atoms with Crippen molar-refractivity contribution in [2.45, 2.75) is 31.3 Å². The Morgan fingerprint density at radius 1 is 1.44 bits per heavy atom. The van der Waals surface area contributed by atoms with Gasteiger partial charge in [0.2, 0.25) is 0 Å². The molecule has 0 aromatic carbocycles. The first-order chi connectivity index (χ1) is 7.57.